The van der Waals surface area contributed by atoms with Crippen LogP contribution in [-0.2, 0) is 0 Å². The summed E-state index contributed by atoms with van der Waals surface area (Å²) >= 11 is 0. The average Bonchev–Trinajstić information content (AvgIpc) is 2.70. The zero-order valence-electron chi connectivity index (χ0n) is 7.04. The van der Waals surface area contributed by atoms with Crippen LogP contribution in [0.2, 0.25) is 0 Å². The van der Waals surface area contributed by atoms with Crippen LogP contribution in [0.15, 0.2) is 35.6 Å². The number of H-pyrrole nitrogens is 1. The summed E-state index contributed by atoms with van der Waals surface area (Å²) in [6.07, 6.45) is 5.62. The van der Waals surface area contributed by atoms with Gasteiger partial charge in [0, 0.05) is 24.8 Å². The molecule has 0 amide bonds. The molecule has 2 rings (SSSR count). The van der Waals surface area contributed by atoms with Gasteiger partial charge in [0.05, 0.1) is 0 Å². The Morgan fingerprint density at radius 1 is 1.43 bits per heavy atom. The van der Waals surface area contributed by atoms with Crippen molar-refractivity contribution in [1.29, 1.82) is 0 Å². The van der Waals surface area contributed by atoms with E-state index in [0.29, 0.717) is 0 Å². The highest BCUT2D eigenvalue weighted by Crippen LogP contribution is 1.90. The molecule has 6 nitrogen and oxygen atoms in total. The highest BCUT2D eigenvalue weighted by atomic mass is 16.2. The van der Waals surface area contributed by atoms with Gasteiger partial charge in [0.15, 0.2) is 5.69 Å². The Morgan fingerprint density at radius 3 is 2.93 bits per heavy atom. The van der Waals surface area contributed by atoms with Crippen molar-refractivity contribution in [3.63, 3.8) is 0 Å². The van der Waals surface area contributed by atoms with E-state index in [2.05, 4.69) is 15.1 Å². The van der Waals surface area contributed by atoms with Gasteiger partial charge in [-0.2, -0.15) is 5.10 Å². The lowest BCUT2D eigenvalue weighted by atomic mass is 10.4. The van der Waals surface area contributed by atoms with Crippen molar-refractivity contribution in [2.24, 2.45) is 0 Å². The van der Waals surface area contributed by atoms with Crippen molar-refractivity contribution >= 4 is 5.91 Å². The summed E-state index contributed by atoms with van der Waals surface area (Å²) in [5, 5.41) is 3.71. The molecule has 6 heteroatoms. The molecule has 70 valence electrons. The van der Waals surface area contributed by atoms with Gasteiger partial charge in [-0.05, 0) is 6.07 Å². The molecular weight excluding hydrogens is 184 g/mol. The van der Waals surface area contributed by atoms with E-state index in [9.17, 15) is 9.59 Å². The predicted molar refractivity (Wildman–Crippen MR) is 46.8 cm³/mol. The molecule has 0 spiro atoms. The van der Waals surface area contributed by atoms with E-state index in [-0.39, 0.29) is 5.69 Å². The number of carbonyl (C=O) groups excluding carboxylic acids is 1. The van der Waals surface area contributed by atoms with Gasteiger partial charge in [-0.1, -0.05) is 0 Å². The molecule has 0 bridgehead atoms. The Hall–Kier alpha value is -2.24. The quantitative estimate of drug-likeness (QED) is 0.666. The van der Waals surface area contributed by atoms with Crippen molar-refractivity contribution < 1.29 is 4.79 Å². The van der Waals surface area contributed by atoms with Crippen LogP contribution in [0.1, 0.15) is 10.5 Å². The molecule has 2 aromatic rings. The van der Waals surface area contributed by atoms with E-state index in [1.54, 1.807) is 6.07 Å². The van der Waals surface area contributed by atoms with Gasteiger partial charge in [-0.15, -0.1) is 0 Å². The van der Waals surface area contributed by atoms with Crippen LogP contribution < -0.4 is 5.56 Å². The molecule has 0 aromatic carbocycles. The van der Waals surface area contributed by atoms with Crippen LogP contribution in [0.3, 0.4) is 0 Å². The van der Waals surface area contributed by atoms with Crippen LogP contribution in [0, 0.1) is 0 Å². The third kappa shape index (κ3) is 1.33. The first-order valence-electron chi connectivity index (χ1n) is 3.87. The van der Waals surface area contributed by atoms with Crippen molar-refractivity contribution in [1.82, 2.24) is 19.7 Å². The molecule has 0 aliphatic heterocycles. The van der Waals surface area contributed by atoms with Crippen LogP contribution in [0.25, 0.3) is 0 Å². The second-order valence-corrected chi connectivity index (χ2v) is 2.52. The summed E-state index contributed by atoms with van der Waals surface area (Å²) in [6.45, 7) is 0. The molecule has 0 saturated carbocycles. The number of hydrogen-bond donors (Lipinski definition) is 1. The van der Waals surface area contributed by atoms with E-state index in [1.165, 1.54) is 24.8 Å². The molecule has 0 atom stereocenters. The second kappa shape index (κ2) is 3.25. The van der Waals surface area contributed by atoms with Gasteiger partial charge >= 0.3 is 5.91 Å². The summed E-state index contributed by atoms with van der Waals surface area (Å²) in [5.74, 6) is -0.545. The number of aromatic amines is 1. The number of aromatic nitrogens is 4. The lowest BCUT2D eigenvalue weighted by Crippen LogP contribution is -2.24. The molecule has 1 N–H and O–H groups in total. The summed E-state index contributed by atoms with van der Waals surface area (Å²) in [5.41, 5.74) is -0.691. The Labute approximate surface area is 78.2 Å². The number of carbonyl (C=O) groups is 1. The van der Waals surface area contributed by atoms with Gasteiger partial charge < -0.3 is 4.98 Å². The third-order valence-electron chi connectivity index (χ3n) is 1.62. The van der Waals surface area contributed by atoms with Crippen molar-refractivity contribution in [2.45, 2.75) is 0 Å². The van der Waals surface area contributed by atoms with Crippen LogP contribution in [-0.4, -0.2) is 25.7 Å². The SMILES string of the molecule is O=C(c1ncc[nH]c1=O)n1cccn1. The monoisotopic (exact) mass is 190 g/mol. The average molecular weight is 190 g/mol. The fraction of sp³-hybridized carbons (Fsp3) is 0. The minimum absolute atomic E-state index is 0.170. The number of nitrogens with one attached hydrogen (secondary N) is 1. The number of hydrogen-bond acceptors (Lipinski definition) is 4. The fourth-order valence-corrected chi connectivity index (χ4v) is 1.00. The largest absolute Gasteiger partial charge is 0.326 e. The van der Waals surface area contributed by atoms with Gasteiger partial charge in [-0.25, -0.2) is 9.67 Å². The molecule has 0 saturated heterocycles. The first-order chi connectivity index (χ1) is 6.79. The molecule has 0 fully saturated rings. The maximum atomic E-state index is 11.5. The van der Waals surface area contributed by atoms with Gasteiger partial charge in [0.1, 0.15) is 0 Å². The minimum Gasteiger partial charge on any atom is -0.326 e. The molecule has 0 aliphatic rings. The van der Waals surface area contributed by atoms with Crippen LogP contribution in [0.4, 0.5) is 0 Å². The Balaban J connectivity index is 2.48. The first-order valence-corrected chi connectivity index (χ1v) is 3.87. The summed E-state index contributed by atoms with van der Waals surface area (Å²) in [4.78, 5) is 28.8. The Kier molecular flexibility index (Phi) is 1.94. The van der Waals surface area contributed by atoms with Crippen molar-refractivity contribution in [3.8, 4) is 0 Å². The van der Waals surface area contributed by atoms with Crippen LogP contribution >= 0.6 is 0 Å². The van der Waals surface area contributed by atoms with E-state index in [1.807, 2.05) is 0 Å². The summed E-state index contributed by atoms with van der Waals surface area (Å²) < 4.78 is 1.05. The minimum atomic E-state index is -0.545. The van der Waals surface area contributed by atoms with Crippen LogP contribution in [0.5, 0.6) is 0 Å². The standard InChI is InChI=1S/C8H6N4O2/c13-7-6(9-3-4-10-7)8(14)12-5-1-2-11-12/h1-5H,(H,10,13). The molecule has 2 heterocycles. The second-order valence-electron chi connectivity index (χ2n) is 2.52. The lowest BCUT2D eigenvalue weighted by Gasteiger charge is -1.96. The maximum Gasteiger partial charge on any atom is 0.302 e. The molecule has 0 aliphatic carbocycles. The first kappa shape index (κ1) is 8.36. The van der Waals surface area contributed by atoms with E-state index < -0.39 is 11.5 Å². The maximum absolute atomic E-state index is 11.5. The smallest absolute Gasteiger partial charge is 0.302 e. The highest BCUT2D eigenvalue weighted by molar-refractivity contribution is 5.92. The zero-order chi connectivity index (χ0) is 9.97. The molecule has 0 unspecified atom stereocenters. The lowest BCUT2D eigenvalue weighted by molar-refractivity contribution is 0.0938. The molecule has 14 heavy (non-hydrogen) atoms. The van der Waals surface area contributed by atoms with Gasteiger partial charge in [0.25, 0.3) is 5.56 Å². The van der Waals surface area contributed by atoms with E-state index in [4.69, 9.17) is 0 Å². The van der Waals surface area contributed by atoms with Crippen molar-refractivity contribution in [3.05, 3.63) is 46.9 Å². The number of nitrogens with zero attached hydrogens (tertiary/aromatic N) is 3. The molecular formula is C8H6N4O2. The Morgan fingerprint density at radius 2 is 2.29 bits per heavy atom. The summed E-state index contributed by atoms with van der Waals surface area (Å²) in [6, 6.07) is 1.59. The van der Waals surface area contributed by atoms with Gasteiger partial charge in [-0.3, -0.25) is 9.59 Å². The normalized spacial score (nSPS) is 10.0. The number of rotatable bonds is 1. The third-order valence-corrected chi connectivity index (χ3v) is 1.62. The summed E-state index contributed by atoms with van der Waals surface area (Å²) in [7, 11) is 0. The predicted octanol–water partition coefficient (Wildman–Crippen LogP) is -0.345. The molecule has 2 aromatic heterocycles. The van der Waals surface area contributed by atoms with Gasteiger partial charge in [0.2, 0.25) is 0 Å². The topological polar surface area (TPSA) is 80.6 Å². The molecule has 0 radical (unpaired) electrons. The fourth-order valence-electron chi connectivity index (χ4n) is 1.00. The zero-order valence-corrected chi connectivity index (χ0v) is 7.04. The highest BCUT2D eigenvalue weighted by Gasteiger charge is 2.13. The van der Waals surface area contributed by atoms with E-state index >= 15 is 0 Å². The van der Waals surface area contributed by atoms with E-state index in [0.717, 1.165) is 4.68 Å². The Bertz CT molecular complexity index is 500. The van der Waals surface area contributed by atoms with Crippen molar-refractivity contribution in [2.75, 3.05) is 0 Å².